The fourth-order valence-electron chi connectivity index (χ4n) is 8.37. The summed E-state index contributed by atoms with van der Waals surface area (Å²) in [7, 11) is 0. The number of para-hydroxylation sites is 4. The first-order valence-corrected chi connectivity index (χ1v) is 19.4. The topological polar surface area (TPSA) is 17.4 Å². The largest absolute Gasteiger partial charge is 0.453 e. The molecule has 0 N–H and O–H groups in total. The molecule has 3 heteroatoms. The summed E-state index contributed by atoms with van der Waals surface area (Å²) in [5.74, 6) is 1.67. The van der Waals surface area contributed by atoms with Crippen molar-refractivity contribution in [2.45, 2.75) is 0 Å². The second-order valence-electron chi connectivity index (χ2n) is 14.6. The molecular weight excluding hydrogens is 693 g/mol. The zero-order valence-corrected chi connectivity index (χ0v) is 31.1. The van der Waals surface area contributed by atoms with Gasteiger partial charge in [0.05, 0.1) is 22.4 Å². The number of benzene rings is 9. The fraction of sp³-hybridized carbons (Fsp3) is 0. The Morgan fingerprint density at radius 2 is 0.754 bits per heavy atom. The van der Waals surface area contributed by atoms with Gasteiger partial charge in [-0.2, -0.15) is 0 Å². The minimum atomic E-state index is 0.834. The predicted octanol–water partition coefficient (Wildman–Crippen LogP) is 15.0. The van der Waals surface area contributed by atoms with Gasteiger partial charge in [0, 0.05) is 22.1 Å². The fourth-order valence-corrected chi connectivity index (χ4v) is 8.37. The third kappa shape index (κ3) is 5.76. The van der Waals surface area contributed by atoms with E-state index in [1.807, 2.05) is 18.2 Å². The highest BCUT2D eigenvalue weighted by molar-refractivity contribution is 6.10. The van der Waals surface area contributed by atoms with Crippen LogP contribution in [0, 0.1) is 0 Å². The van der Waals surface area contributed by atoms with Crippen LogP contribution in [0.15, 0.2) is 218 Å². The molecule has 10 aromatic rings. The van der Waals surface area contributed by atoms with E-state index in [-0.39, 0.29) is 0 Å². The summed E-state index contributed by atoms with van der Waals surface area (Å²) >= 11 is 0. The lowest BCUT2D eigenvalue weighted by Crippen LogP contribution is -2.15. The molecule has 0 spiro atoms. The van der Waals surface area contributed by atoms with E-state index in [2.05, 4.69) is 210 Å². The Balaban J connectivity index is 0.885. The molecule has 9 aromatic carbocycles. The van der Waals surface area contributed by atoms with Gasteiger partial charge in [-0.1, -0.05) is 152 Å². The molecule has 0 saturated heterocycles. The minimum absolute atomic E-state index is 0.834. The van der Waals surface area contributed by atoms with Crippen LogP contribution in [0.3, 0.4) is 0 Å². The standard InChI is InChI=1S/C54H36N2O/c1-3-11-37(12-4-1)38-19-25-42(26-20-38)44-30-34-52-54(36-44)57-53-18-10-9-17-51(53)56(52)46-31-27-40(28-32-46)39-21-23-41(24-22-39)43-29-33-50-48(35-43)47-15-7-8-16-49(47)55(50)45-13-5-2-6-14-45/h1-36H. The molecule has 0 unspecified atom stereocenters. The van der Waals surface area contributed by atoms with Crippen molar-refractivity contribution in [2.24, 2.45) is 0 Å². The molecular formula is C54H36N2O. The first-order chi connectivity index (χ1) is 28.2. The number of aromatic nitrogens is 1. The maximum absolute atomic E-state index is 6.55. The van der Waals surface area contributed by atoms with Gasteiger partial charge in [-0.3, -0.25) is 0 Å². The highest BCUT2D eigenvalue weighted by atomic mass is 16.5. The lowest BCUT2D eigenvalue weighted by atomic mass is 9.98. The summed E-state index contributed by atoms with van der Waals surface area (Å²) in [6.45, 7) is 0. The number of rotatable bonds is 6. The van der Waals surface area contributed by atoms with Crippen LogP contribution in [0.4, 0.5) is 17.1 Å². The maximum Gasteiger partial charge on any atom is 0.152 e. The van der Waals surface area contributed by atoms with Crippen LogP contribution in [0.5, 0.6) is 11.5 Å². The monoisotopic (exact) mass is 728 g/mol. The summed E-state index contributed by atoms with van der Waals surface area (Å²) in [4.78, 5) is 2.30. The molecule has 0 radical (unpaired) electrons. The summed E-state index contributed by atoms with van der Waals surface area (Å²) < 4.78 is 8.91. The van der Waals surface area contributed by atoms with Gasteiger partial charge in [-0.15, -0.1) is 0 Å². The van der Waals surface area contributed by atoms with Gasteiger partial charge in [-0.05, 0) is 111 Å². The van der Waals surface area contributed by atoms with Gasteiger partial charge in [-0.25, -0.2) is 0 Å². The normalized spacial score (nSPS) is 12.0. The first-order valence-electron chi connectivity index (χ1n) is 19.4. The number of nitrogens with zero attached hydrogens (tertiary/aromatic N) is 2. The van der Waals surface area contributed by atoms with E-state index < -0.39 is 0 Å². The van der Waals surface area contributed by atoms with Gasteiger partial charge >= 0.3 is 0 Å². The maximum atomic E-state index is 6.55. The van der Waals surface area contributed by atoms with E-state index >= 15 is 0 Å². The molecule has 0 amide bonds. The van der Waals surface area contributed by atoms with E-state index in [1.165, 1.54) is 60.9 Å². The zero-order chi connectivity index (χ0) is 37.7. The molecule has 1 aliphatic heterocycles. The molecule has 1 aromatic heterocycles. The lowest BCUT2D eigenvalue weighted by molar-refractivity contribution is 0.477. The van der Waals surface area contributed by atoms with Gasteiger partial charge in [0.25, 0.3) is 0 Å². The molecule has 57 heavy (non-hydrogen) atoms. The Morgan fingerprint density at radius 3 is 1.46 bits per heavy atom. The second-order valence-corrected chi connectivity index (χ2v) is 14.6. The van der Waals surface area contributed by atoms with Crippen LogP contribution >= 0.6 is 0 Å². The van der Waals surface area contributed by atoms with Crippen molar-refractivity contribution in [2.75, 3.05) is 4.90 Å². The van der Waals surface area contributed by atoms with Gasteiger partial charge in [0.1, 0.15) is 0 Å². The van der Waals surface area contributed by atoms with Crippen molar-refractivity contribution in [3.63, 3.8) is 0 Å². The van der Waals surface area contributed by atoms with Crippen molar-refractivity contribution >= 4 is 38.9 Å². The molecule has 268 valence electrons. The van der Waals surface area contributed by atoms with Gasteiger partial charge < -0.3 is 14.2 Å². The van der Waals surface area contributed by atoms with Crippen LogP contribution in [0.25, 0.3) is 72.0 Å². The van der Waals surface area contributed by atoms with Crippen molar-refractivity contribution in [1.82, 2.24) is 4.57 Å². The van der Waals surface area contributed by atoms with Crippen molar-refractivity contribution in [1.29, 1.82) is 0 Å². The van der Waals surface area contributed by atoms with Crippen LogP contribution < -0.4 is 9.64 Å². The zero-order valence-electron chi connectivity index (χ0n) is 31.1. The van der Waals surface area contributed by atoms with Gasteiger partial charge in [0.15, 0.2) is 11.5 Å². The van der Waals surface area contributed by atoms with E-state index in [0.717, 1.165) is 39.7 Å². The molecule has 3 nitrogen and oxygen atoms in total. The Kier molecular flexibility index (Phi) is 7.82. The van der Waals surface area contributed by atoms with E-state index in [9.17, 15) is 0 Å². The average molecular weight is 729 g/mol. The summed E-state index contributed by atoms with van der Waals surface area (Å²) in [6, 6.07) is 78.0. The molecule has 1 aliphatic rings. The Morgan fingerprint density at radius 1 is 0.281 bits per heavy atom. The Hall–Kier alpha value is -7.62. The third-order valence-corrected chi connectivity index (χ3v) is 11.2. The van der Waals surface area contributed by atoms with Crippen LogP contribution in [0.2, 0.25) is 0 Å². The molecule has 0 fully saturated rings. The molecule has 0 bridgehead atoms. The van der Waals surface area contributed by atoms with E-state index in [4.69, 9.17) is 4.74 Å². The highest BCUT2D eigenvalue weighted by Gasteiger charge is 2.26. The van der Waals surface area contributed by atoms with Crippen molar-refractivity contribution < 1.29 is 4.74 Å². The highest BCUT2D eigenvalue weighted by Crippen LogP contribution is 2.51. The third-order valence-electron chi connectivity index (χ3n) is 11.2. The second kappa shape index (κ2) is 13.6. The molecule has 0 aliphatic carbocycles. The Labute approximate surface area is 331 Å². The van der Waals surface area contributed by atoms with Crippen molar-refractivity contribution in [3.8, 4) is 61.7 Å². The van der Waals surface area contributed by atoms with E-state index in [0.29, 0.717) is 0 Å². The molecule has 11 rings (SSSR count). The molecule has 0 atom stereocenters. The minimum Gasteiger partial charge on any atom is -0.453 e. The number of fused-ring (bicyclic) bond motifs is 5. The predicted molar refractivity (Wildman–Crippen MR) is 237 cm³/mol. The first kappa shape index (κ1) is 32.8. The summed E-state index contributed by atoms with van der Waals surface area (Å²) in [6.07, 6.45) is 0. The van der Waals surface area contributed by atoms with Crippen LogP contribution in [-0.2, 0) is 0 Å². The van der Waals surface area contributed by atoms with E-state index in [1.54, 1.807) is 0 Å². The Bertz CT molecular complexity index is 3060. The van der Waals surface area contributed by atoms with Crippen molar-refractivity contribution in [3.05, 3.63) is 218 Å². The summed E-state index contributed by atoms with van der Waals surface area (Å²) in [5, 5.41) is 2.52. The smallest absolute Gasteiger partial charge is 0.152 e. The lowest BCUT2D eigenvalue weighted by Gasteiger charge is -2.33. The number of hydrogen-bond donors (Lipinski definition) is 0. The van der Waals surface area contributed by atoms with Crippen LogP contribution in [-0.4, -0.2) is 4.57 Å². The van der Waals surface area contributed by atoms with Gasteiger partial charge in [0.2, 0.25) is 0 Å². The molecule has 0 saturated carbocycles. The molecule has 2 heterocycles. The number of ether oxygens (including phenoxy) is 1. The number of anilines is 3. The van der Waals surface area contributed by atoms with Crippen LogP contribution in [0.1, 0.15) is 0 Å². The SMILES string of the molecule is c1ccc(-c2ccc(-c3ccc4c(c3)Oc3ccccc3N4c3ccc(-c4ccc(-c5ccc6c(c5)c5ccccc5n6-c5ccccc5)cc4)cc3)cc2)cc1. The number of hydrogen-bond acceptors (Lipinski definition) is 2. The quantitative estimate of drug-likeness (QED) is 0.170. The summed E-state index contributed by atoms with van der Waals surface area (Å²) in [5.41, 5.74) is 16.1. The average Bonchev–Trinajstić information content (AvgIpc) is 3.62.